The molecule has 1 saturated carbocycles. The van der Waals surface area contributed by atoms with Gasteiger partial charge in [0.15, 0.2) is 5.84 Å². The average molecular weight is 254 g/mol. The minimum atomic E-state index is -0.767. The summed E-state index contributed by atoms with van der Waals surface area (Å²) in [5.74, 6) is -0.160. The van der Waals surface area contributed by atoms with Gasteiger partial charge in [-0.2, -0.15) is 0 Å². The summed E-state index contributed by atoms with van der Waals surface area (Å²) in [5.41, 5.74) is 7.46. The van der Waals surface area contributed by atoms with Gasteiger partial charge < -0.3 is 16.3 Å². The van der Waals surface area contributed by atoms with Crippen LogP contribution in [0, 0.1) is 5.41 Å². The van der Waals surface area contributed by atoms with Crippen molar-refractivity contribution in [2.24, 2.45) is 16.3 Å². The Balaban J connectivity index is 1.82. The molecule has 0 aromatic carbocycles. The summed E-state index contributed by atoms with van der Waals surface area (Å²) < 4.78 is 0. The van der Waals surface area contributed by atoms with Gasteiger partial charge in [0.2, 0.25) is 5.91 Å². The SMILES string of the molecule is NC(=NO)C1(C(=O)NCCc2cscn2)CC1. The minimum absolute atomic E-state index is 0.00339. The summed E-state index contributed by atoms with van der Waals surface area (Å²) in [5, 5.41) is 16.3. The second-order valence-electron chi connectivity index (χ2n) is 4.05. The number of carbonyl (C=O) groups is 1. The summed E-state index contributed by atoms with van der Waals surface area (Å²) in [6, 6.07) is 0. The molecule has 1 aliphatic carbocycles. The smallest absolute Gasteiger partial charge is 0.233 e. The number of nitrogens with zero attached hydrogens (tertiary/aromatic N) is 2. The molecular formula is C10H14N4O2S. The van der Waals surface area contributed by atoms with Crippen LogP contribution in [0.25, 0.3) is 0 Å². The van der Waals surface area contributed by atoms with Gasteiger partial charge in [-0.3, -0.25) is 4.79 Å². The minimum Gasteiger partial charge on any atom is -0.409 e. The van der Waals surface area contributed by atoms with Gasteiger partial charge in [-0.1, -0.05) is 5.16 Å². The Morgan fingerprint density at radius 2 is 2.47 bits per heavy atom. The maximum Gasteiger partial charge on any atom is 0.233 e. The lowest BCUT2D eigenvalue weighted by Crippen LogP contribution is -2.41. The van der Waals surface area contributed by atoms with Crippen LogP contribution in [-0.4, -0.2) is 28.5 Å². The first-order valence-electron chi connectivity index (χ1n) is 5.32. The first kappa shape index (κ1) is 11.8. The van der Waals surface area contributed by atoms with E-state index in [0.717, 1.165) is 5.69 Å². The summed E-state index contributed by atoms with van der Waals surface area (Å²) in [4.78, 5) is 16.0. The lowest BCUT2D eigenvalue weighted by molar-refractivity contribution is -0.124. The number of amidine groups is 1. The molecule has 0 radical (unpaired) electrons. The Kier molecular flexibility index (Phi) is 3.28. The van der Waals surface area contributed by atoms with E-state index in [1.54, 1.807) is 5.51 Å². The highest BCUT2D eigenvalue weighted by Gasteiger charge is 2.54. The van der Waals surface area contributed by atoms with Gasteiger partial charge in [-0.05, 0) is 12.8 Å². The van der Waals surface area contributed by atoms with Gasteiger partial charge in [0.05, 0.1) is 11.2 Å². The zero-order valence-corrected chi connectivity index (χ0v) is 10.0. The lowest BCUT2D eigenvalue weighted by atomic mass is 10.1. The van der Waals surface area contributed by atoms with E-state index in [-0.39, 0.29) is 11.7 Å². The maximum atomic E-state index is 11.9. The van der Waals surface area contributed by atoms with Crippen molar-refractivity contribution >= 4 is 23.1 Å². The van der Waals surface area contributed by atoms with Crippen LogP contribution in [0.5, 0.6) is 0 Å². The number of carbonyl (C=O) groups excluding carboxylic acids is 1. The van der Waals surface area contributed by atoms with Gasteiger partial charge in [0.25, 0.3) is 0 Å². The number of nitrogens with one attached hydrogen (secondary N) is 1. The largest absolute Gasteiger partial charge is 0.409 e. The molecule has 92 valence electrons. The Bertz CT molecular complexity index is 426. The Morgan fingerprint density at radius 3 is 3.00 bits per heavy atom. The third-order valence-corrected chi connectivity index (χ3v) is 3.57. The zero-order valence-electron chi connectivity index (χ0n) is 9.22. The molecule has 7 heteroatoms. The molecule has 0 unspecified atom stereocenters. The van der Waals surface area contributed by atoms with Crippen LogP contribution in [0.2, 0.25) is 0 Å². The quantitative estimate of drug-likeness (QED) is 0.305. The Morgan fingerprint density at radius 1 is 1.71 bits per heavy atom. The highest BCUT2D eigenvalue weighted by Crippen LogP contribution is 2.45. The molecule has 0 saturated heterocycles. The number of aromatic nitrogens is 1. The fourth-order valence-electron chi connectivity index (χ4n) is 1.65. The number of thiazole rings is 1. The third kappa shape index (κ3) is 2.38. The van der Waals surface area contributed by atoms with E-state index in [1.807, 2.05) is 5.38 Å². The predicted octanol–water partition coefficient (Wildman–Crippen LogP) is 0.328. The van der Waals surface area contributed by atoms with Crippen LogP contribution < -0.4 is 11.1 Å². The fourth-order valence-corrected chi connectivity index (χ4v) is 2.25. The van der Waals surface area contributed by atoms with Crippen molar-refractivity contribution in [3.8, 4) is 0 Å². The molecule has 2 rings (SSSR count). The van der Waals surface area contributed by atoms with E-state index >= 15 is 0 Å². The van der Waals surface area contributed by atoms with Gasteiger partial charge >= 0.3 is 0 Å². The molecule has 1 aliphatic rings. The van der Waals surface area contributed by atoms with Crippen molar-refractivity contribution < 1.29 is 10.0 Å². The van der Waals surface area contributed by atoms with Crippen LogP contribution in [-0.2, 0) is 11.2 Å². The van der Waals surface area contributed by atoms with E-state index in [2.05, 4.69) is 15.5 Å². The zero-order chi connectivity index (χ0) is 12.3. The second-order valence-corrected chi connectivity index (χ2v) is 4.77. The first-order chi connectivity index (χ1) is 8.19. The molecule has 1 heterocycles. The molecule has 4 N–H and O–H groups in total. The van der Waals surface area contributed by atoms with Crippen molar-refractivity contribution in [3.05, 3.63) is 16.6 Å². The molecule has 0 spiro atoms. The number of oxime groups is 1. The van der Waals surface area contributed by atoms with Crippen molar-refractivity contribution in [1.82, 2.24) is 10.3 Å². The van der Waals surface area contributed by atoms with E-state index in [1.165, 1.54) is 11.3 Å². The fraction of sp³-hybridized carbons (Fsp3) is 0.500. The third-order valence-electron chi connectivity index (χ3n) is 2.93. The highest BCUT2D eigenvalue weighted by atomic mass is 32.1. The second kappa shape index (κ2) is 4.70. The van der Waals surface area contributed by atoms with Gasteiger partial charge in [-0.15, -0.1) is 11.3 Å². The van der Waals surface area contributed by atoms with E-state index in [4.69, 9.17) is 10.9 Å². The van der Waals surface area contributed by atoms with Crippen molar-refractivity contribution in [2.45, 2.75) is 19.3 Å². The van der Waals surface area contributed by atoms with Crippen LogP contribution >= 0.6 is 11.3 Å². The highest BCUT2D eigenvalue weighted by molar-refractivity contribution is 7.07. The monoisotopic (exact) mass is 254 g/mol. The molecule has 0 atom stereocenters. The molecule has 17 heavy (non-hydrogen) atoms. The normalized spacial score (nSPS) is 17.8. The molecule has 1 amide bonds. The summed E-state index contributed by atoms with van der Waals surface area (Å²) >= 11 is 1.53. The van der Waals surface area contributed by atoms with Crippen molar-refractivity contribution in [2.75, 3.05) is 6.54 Å². The molecule has 0 bridgehead atoms. The molecule has 1 aromatic rings. The standard InChI is InChI=1S/C10H14N4O2S/c11-8(14-16)10(2-3-10)9(15)12-4-1-7-5-17-6-13-7/h5-6,16H,1-4H2,(H2,11,14)(H,12,15). The molecule has 6 nitrogen and oxygen atoms in total. The number of hydrogen-bond donors (Lipinski definition) is 3. The van der Waals surface area contributed by atoms with Crippen LogP contribution in [0.15, 0.2) is 16.0 Å². The summed E-state index contributed by atoms with van der Waals surface area (Å²) in [7, 11) is 0. The Hall–Kier alpha value is -1.63. The summed E-state index contributed by atoms with van der Waals surface area (Å²) in [6.07, 6.45) is 1.98. The number of nitrogens with two attached hydrogens (primary N) is 1. The number of amides is 1. The van der Waals surface area contributed by atoms with Crippen LogP contribution in [0.1, 0.15) is 18.5 Å². The van der Waals surface area contributed by atoms with E-state index < -0.39 is 5.41 Å². The van der Waals surface area contributed by atoms with Gasteiger partial charge in [0.1, 0.15) is 5.41 Å². The van der Waals surface area contributed by atoms with Crippen molar-refractivity contribution in [1.29, 1.82) is 0 Å². The van der Waals surface area contributed by atoms with Crippen molar-refractivity contribution in [3.63, 3.8) is 0 Å². The number of hydrogen-bond acceptors (Lipinski definition) is 5. The maximum absolute atomic E-state index is 11.9. The first-order valence-corrected chi connectivity index (χ1v) is 6.27. The topological polar surface area (TPSA) is 101 Å². The Labute approximate surface area is 103 Å². The van der Waals surface area contributed by atoms with E-state index in [9.17, 15) is 4.79 Å². The van der Waals surface area contributed by atoms with Crippen LogP contribution in [0.4, 0.5) is 0 Å². The molecule has 1 fully saturated rings. The van der Waals surface area contributed by atoms with Gasteiger partial charge in [-0.25, -0.2) is 4.98 Å². The summed E-state index contributed by atoms with van der Waals surface area (Å²) in [6.45, 7) is 0.517. The molecular weight excluding hydrogens is 240 g/mol. The number of rotatable bonds is 5. The predicted molar refractivity (Wildman–Crippen MR) is 63.9 cm³/mol. The van der Waals surface area contributed by atoms with Gasteiger partial charge in [0, 0.05) is 18.3 Å². The lowest BCUT2D eigenvalue weighted by Gasteiger charge is -2.12. The van der Waals surface area contributed by atoms with Crippen LogP contribution in [0.3, 0.4) is 0 Å². The average Bonchev–Trinajstić information content (AvgIpc) is 3.00. The van der Waals surface area contributed by atoms with E-state index in [0.29, 0.717) is 25.8 Å². The molecule has 1 aromatic heterocycles. The molecule has 0 aliphatic heterocycles.